The zero-order valence-corrected chi connectivity index (χ0v) is 12.5. The van der Waals surface area contributed by atoms with Gasteiger partial charge in [-0.05, 0) is 12.1 Å². The molecule has 0 heterocycles. The van der Waals surface area contributed by atoms with Crippen LogP contribution >= 0.6 is 34.8 Å². The second-order valence-corrected chi connectivity index (χ2v) is 4.84. The molecule has 0 fully saturated rings. The molecule has 0 spiro atoms. The summed E-state index contributed by atoms with van der Waals surface area (Å²) in [5.74, 6) is -1.73. The summed E-state index contributed by atoms with van der Waals surface area (Å²) in [6.07, 6.45) is -6.77. The molecule has 0 aliphatic heterocycles. The summed E-state index contributed by atoms with van der Waals surface area (Å²) in [5.41, 5.74) is -1.55. The largest absolute Gasteiger partial charge is 0.416 e. The molecule has 0 amide bonds. The number of rotatable bonds is 5. The van der Waals surface area contributed by atoms with Crippen LogP contribution in [0.5, 0.6) is 0 Å². The number of azo groups is 1. The van der Waals surface area contributed by atoms with Crippen LogP contribution in [0.2, 0.25) is 10.0 Å². The molecule has 1 unspecified atom stereocenters. The maximum Gasteiger partial charge on any atom is 0.416 e. The molecule has 120 valence electrons. The third kappa shape index (κ3) is 4.52. The highest BCUT2D eigenvalue weighted by atomic mass is 35.5. The number of alkyl halides is 4. The van der Waals surface area contributed by atoms with Crippen molar-refractivity contribution in [2.75, 3.05) is 5.88 Å². The lowest BCUT2D eigenvalue weighted by Crippen LogP contribution is -2.28. The van der Waals surface area contributed by atoms with Crippen LogP contribution in [-0.4, -0.2) is 22.8 Å². The van der Waals surface area contributed by atoms with E-state index in [-0.39, 0.29) is 0 Å². The van der Waals surface area contributed by atoms with Gasteiger partial charge in [-0.3, -0.25) is 14.9 Å². The molecule has 0 aliphatic carbocycles. The fourth-order valence-electron chi connectivity index (χ4n) is 1.23. The van der Waals surface area contributed by atoms with Crippen LogP contribution in [0.15, 0.2) is 22.4 Å². The Hall–Kier alpha value is -1.45. The first-order chi connectivity index (χ1) is 10.1. The normalized spacial score (nSPS) is 13.4. The van der Waals surface area contributed by atoms with E-state index in [4.69, 9.17) is 34.8 Å². The summed E-state index contributed by atoms with van der Waals surface area (Å²) in [4.78, 5) is 20.8. The van der Waals surface area contributed by atoms with Gasteiger partial charge in [0.1, 0.15) is 5.69 Å². The van der Waals surface area contributed by atoms with Crippen molar-refractivity contribution in [1.29, 1.82) is 0 Å². The summed E-state index contributed by atoms with van der Waals surface area (Å²) in [5, 5.41) is 16.0. The average molecular weight is 379 g/mol. The van der Waals surface area contributed by atoms with Gasteiger partial charge in [-0.1, -0.05) is 23.2 Å². The molecule has 1 atom stereocenters. The minimum Gasteiger partial charge on any atom is -0.288 e. The molecule has 1 aromatic carbocycles. The van der Waals surface area contributed by atoms with Crippen molar-refractivity contribution in [2.45, 2.75) is 12.3 Å². The van der Waals surface area contributed by atoms with Gasteiger partial charge in [0.2, 0.25) is 5.78 Å². The molecule has 0 saturated carbocycles. The maximum absolute atomic E-state index is 12.5. The van der Waals surface area contributed by atoms with E-state index in [1.807, 2.05) is 0 Å². The summed E-state index contributed by atoms with van der Waals surface area (Å²) < 4.78 is 37.6. The number of halogens is 6. The van der Waals surface area contributed by atoms with Crippen LogP contribution in [0.3, 0.4) is 0 Å². The van der Waals surface area contributed by atoms with Crippen LogP contribution in [-0.2, 0) is 11.0 Å². The summed E-state index contributed by atoms with van der Waals surface area (Å²) >= 11 is 16.4. The van der Waals surface area contributed by atoms with Crippen molar-refractivity contribution >= 4 is 46.3 Å². The first-order valence-corrected chi connectivity index (χ1v) is 6.56. The van der Waals surface area contributed by atoms with Gasteiger partial charge in [0.15, 0.2) is 0 Å². The molecular formula is C10H5Cl3F3N3O3. The van der Waals surface area contributed by atoms with Crippen LogP contribution in [0, 0.1) is 10.1 Å². The van der Waals surface area contributed by atoms with Crippen molar-refractivity contribution in [1.82, 2.24) is 0 Å². The molecule has 6 nitrogen and oxygen atoms in total. The van der Waals surface area contributed by atoms with E-state index in [1.54, 1.807) is 0 Å². The van der Waals surface area contributed by atoms with Crippen LogP contribution in [0.1, 0.15) is 5.56 Å². The Morgan fingerprint density at radius 1 is 1.32 bits per heavy atom. The van der Waals surface area contributed by atoms with Crippen molar-refractivity contribution in [3.8, 4) is 0 Å². The Bertz CT molecular complexity index is 614. The molecule has 1 rings (SSSR count). The summed E-state index contributed by atoms with van der Waals surface area (Å²) in [6.45, 7) is 0. The molecule has 1 aromatic rings. The quantitative estimate of drug-likeness (QED) is 0.327. The van der Waals surface area contributed by atoms with Gasteiger partial charge in [-0.15, -0.1) is 21.8 Å². The highest BCUT2D eigenvalue weighted by molar-refractivity contribution is 6.38. The minimum atomic E-state index is -4.68. The zero-order chi connectivity index (χ0) is 17.1. The van der Waals surface area contributed by atoms with E-state index in [0.717, 1.165) is 0 Å². The lowest BCUT2D eigenvalue weighted by atomic mass is 10.2. The number of hydrogen-bond donors (Lipinski definition) is 0. The Morgan fingerprint density at radius 2 is 1.82 bits per heavy atom. The van der Waals surface area contributed by atoms with Crippen molar-refractivity contribution < 1.29 is 22.9 Å². The average Bonchev–Trinajstić information content (AvgIpc) is 2.39. The van der Waals surface area contributed by atoms with Gasteiger partial charge in [0, 0.05) is 0 Å². The first-order valence-electron chi connectivity index (χ1n) is 5.27. The number of carbonyl (C=O) groups excluding carboxylic acids is 1. The van der Waals surface area contributed by atoms with Gasteiger partial charge in [0.25, 0.3) is 0 Å². The van der Waals surface area contributed by atoms with Crippen molar-refractivity contribution in [3.63, 3.8) is 0 Å². The fraction of sp³-hybridized carbons (Fsp3) is 0.300. The molecular weight excluding hydrogens is 373 g/mol. The third-order valence-electron chi connectivity index (χ3n) is 2.23. The maximum atomic E-state index is 12.5. The van der Waals surface area contributed by atoms with Crippen LogP contribution < -0.4 is 0 Å². The smallest absolute Gasteiger partial charge is 0.288 e. The number of benzene rings is 1. The number of nitro groups is 1. The predicted octanol–water partition coefficient (Wildman–Crippen LogP) is 4.51. The van der Waals surface area contributed by atoms with E-state index in [1.165, 1.54) is 0 Å². The molecule has 0 bridgehead atoms. The summed E-state index contributed by atoms with van der Waals surface area (Å²) in [7, 11) is 0. The van der Waals surface area contributed by atoms with Crippen molar-refractivity contribution in [2.24, 2.45) is 10.2 Å². The number of ketones is 1. The molecule has 0 N–H and O–H groups in total. The lowest BCUT2D eigenvalue weighted by molar-refractivity contribution is -0.506. The molecule has 0 aliphatic rings. The highest BCUT2D eigenvalue weighted by Crippen LogP contribution is 2.40. The second kappa shape index (κ2) is 7.21. The Kier molecular flexibility index (Phi) is 6.09. The zero-order valence-electron chi connectivity index (χ0n) is 10.3. The van der Waals surface area contributed by atoms with Gasteiger partial charge in [0.05, 0.1) is 26.4 Å². The van der Waals surface area contributed by atoms with Gasteiger partial charge in [-0.2, -0.15) is 13.2 Å². The molecule has 0 radical (unpaired) electrons. The van der Waals surface area contributed by atoms with E-state index >= 15 is 0 Å². The Labute approximate surface area is 136 Å². The molecule has 22 heavy (non-hydrogen) atoms. The molecule has 0 aromatic heterocycles. The number of Topliss-reactive ketones (excluding diaryl/α,β-unsaturated/α-hetero) is 1. The second-order valence-electron chi connectivity index (χ2n) is 3.76. The van der Waals surface area contributed by atoms with E-state index in [0.29, 0.717) is 12.1 Å². The molecule has 0 saturated heterocycles. The number of hydrogen-bond acceptors (Lipinski definition) is 5. The third-order valence-corrected chi connectivity index (χ3v) is 3.07. The van der Waals surface area contributed by atoms with Crippen LogP contribution in [0.4, 0.5) is 18.9 Å². The Morgan fingerprint density at radius 3 is 2.18 bits per heavy atom. The highest BCUT2D eigenvalue weighted by Gasteiger charge is 2.32. The monoisotopic (exact) mass is 377 g/mol. The SMILES string of the molecule is O=C(CCl)C(/N=N/c1c(Cl)cc(C(F)(F)F)cc1Cl)[N+](=O)[O-]. The summed E-state index contributed by atoms with van der Waals surface area (Å²) in [6, 6.07) is 1.07. The van der Waals surface area contributed by atoms with Crippen LogP contribution in [0.25, 0.3) is 0 Å². The Balaban J connectivity index is 3.20. The van der Waals surface area contributed by atoms with Crippen molar-refractivity contribution in [3.05, 3.63) is 37.9 Å². The minimum absolute atomic E-state index is 0.425. The first kappa shape index (κ1) is 18.6. The predicted molar refractivity (Wildman–Crippen MR) is 72.5 cm³/mol. The fourth-order valence-corrected chi connectivity index (χ4v) is 1.93. The lowest BCUT2D eigenvalue weighted by Gasteiger charge is -2.09. The number of carbonyl (C=O) groups is 1. The van der Waals surface area contributed by atoms with E-state index < -0.39 is 50.2 Å². The van der Waals surface area contributed by atoms with E-state index in [2.05, 4.69) is 10.2 Å². The van der Waals surface area contributed by atoms with Gasteiger partial charge >= 0.3 is 12.3 Å². The number of nitrogens with zero attached hydrogens (tertiary/aromatic N) is 3. The molecule has 12 heteroatoms. The van der Waals surface area contributed by atoms with Gasteiger partial charge in [-0.25, -0.2) is 0 Å². The van der Waals surface area contributed by atoms with Gasteiger partial charge < -0.3 is 0 Å². The standard InChI is InChI=1S/C10H5Cl3F3N3O3/c11-3-7(20)9(19(21)22)18-17-8-5(12)1-4(2-6(8)13)10(14,15)16/h1-2,9H,3H2/b18-17+. The van der Waals surface area contributed by atoms with E-state index in [9.17, 15) is 28.1 Å². The topological polar surface area (TPSA) is 84.9 Å².